The highest BCUT2D eigenvalue weighted by atomic mass is 79.9. The molecule has 2 aromatic rings. The van der Waals surface area contributed by atoms with Crippen LogP contribution in [-0.4, -0.2) is 41.9 Å². The van der Waals surface area contributed by atoms with E-state index >= 15 is 0 Å². The fourth-order valence-electron chi connectivity index (χ4n) is 3.13. The summed E-state index contributed by atoms with van der Waals surface area (Å²) in [5, 5.41) is 0. The van der Waals surface area contributed by atoms with Crippen LogP contribution in [0.15, 0.2) is 51.6 Å². The zero-order valence-corrected chi connectivity index (χ0v) is 15.8. The Morgan fingerprint density at radius 1 is 1.17 bits per heavy atom. The van der Waals surface area contributed by atoms with E-state index in [-0.39, 0.29) is 5.91 Å². The van der Waals surface area contributed by atoms with Gasteiger partial charge in [0, 0.05) is 30.7 Å². The lowest BCUT2D eigenvalue weighted by atomic mass is 9.83. The molecule has 0 N–H and O–H groups in total. The minimum Gasteiger partial charge on any atom is -0.468 e. The van der Waals surface area contributed by atoms with E-state index in [0.29, 0.717) is 0 Å². The van der Waals surface area contributed by atoms with Crippen LogP contribution in [0, 0.1) is 0 Å². The van der Waals surface area contributed by atoms with Gasteiger partial charge in [0.2, 0.25) is 5.91 Å². The molecule has 2 heterocycles. The Kier molecular flexibility index (Phi) is 5.11. The van der Waals surface area contributed by atoms with Crippen LogP contribution in [0.4, 0.5) is 0 Å². The molecule has 0 radical (unpaired) electrons. The fraction of sp³-hybridized carbons (Fsp3) is 0.421. The molecule has 0 bridgehead atoms. The zero-order chi connectivity index (χ0) is 17.2. The van der Waals surface area contributed by atoms with Crippen molar-refractivity contribution in [1.82, 2.24) is 9.80 Å². The summed E-state index contributed by atoms with van der Waals surface area (Å²) in [6.07, 6.45) is 1.70. The monoisotopic (exact) mass is 390 g/mol. The quantitative estimate of drug-likeness (QED) is 0.798. The average molecular weight is 391 g/mol. The molecule has 4 nitrogen and oxygen atoms in total. The van der Waals surface area contributed by atoms with Crippen LogP contribution in [0.5, 0.6) is 0 Å². The maximum atomic E-state index is 13.0. The van der Waals surface area contributed by atoms with E-state index in [0.717, 1.165) is 48.5 Å². The van der Waals surface area contributed by atoms with E-state index < -0.39 is 5.41 Å². The summed E-state index contributed by atoms with van der Waals surface area (Å²) in [5.74, 6) is 1.17. The third-order valence-corrected chi connectivity index (χ3v) is 5.19. The Morgan fingerprint density at radius 2 is 1.92 bits per heavy atom. The maximum absolute atomic E-state index is 13.0. The smallest absolute Gasteiger partial charge is 0.232 e. The molecule has 128 valence electrons. The Bertz CT molecular complexity index is 689. The van der Waals surface area contributed by atoms with Crippen LogP contribution in [-0.2, 0) is 16.8 Å². The fourth-order valence-corrected chi connectivity index (χ4v) is 3.53. The number of carbonyl (C=O) groups is 1. The predicted octanol–water partition coefficient (Wildman–Crippen LogP) is 3.66. The van der Waals surface area contributed by atoms with E-state index in [1.165, 1.54) is 0 Å². The predicted molar refractivity (Wildman–Crippen MR) is 97.7 cm³/mol. The number of hydrogen-bond acceptors (Lipinski definition) is 3. The first-order chi connectivity index (χ1) is 11.5. The lowest BCUT2D eigenvalue weighted by Crippen LogP contribution is -2.52. The van der Waals surface area contributed by atoms with Crippen molar-refractivity contribution in [2.45, 2.75) is 25.8 Å². The average Bonchev–Trinajstić information content (AvgIpc) is 3.08. The highest BCUT2D eigenvalue weighted by Crippen LogP contribution is 2.28. The van der Waals surface area contributed by atoms with E-state index in [1.54, 1.807) is 6.26 Å². The van der Waals surface area contributed by atoms with Crippen molar-refractivity contribution in [3.05, 3.63) is 58.5 Å². The van der Waals surface area contributed by atoms with Crippen molar-refractivity contribution in [2.24, 2.45) is 0 Å². The normalized spacial score (nSPS) is 16.4. The largest absolute Gasteiger partial charge is 0.468 e. The molecule has 24 heavy (non-hydrogen) atoms. The third-order valence-electron chi connectivity index (χ3n) is 4.70. The number of nitrogens with zero attached hydrogens (tertiary/aromatic N) is 2. The number of halogens is 1. The number of hydrogen-bond donors (Lipinski definition) is 0. The summed E-state index contributed by atoms with van der Waals surface area (Å²) < 4.78 is 6.41. The number of furan rings is 1. The molecule has 5 heteroatoms. The van der Waals surface area contributed by atoms with E-state index in [9.17, 15) is 4.79 Å². The Labute approximate surface area is 151 Å². The summed E-state index contributed by atoms with van der Waals surface area (Å²) in [4.78, 5) is 17.3. The highest BCUT2D eigenvalue weighted by Gasteiger charge is 2.35. The third kappa shape index (κ3) is 3.73. The van der Waals surface area contributed by atoms with Gasteiger partial charge >= 0.3 is 0 Å². The second-order valence-corrected chi connectivity index (χ2v) is 7.70. The van der Waals surface area contributed by atoms with Gasteiger partial charge in [0.05, 0.1) is 18.2 Å². The van der Waals surface area contributed by atoms with Gasteiger partial charge in [0.25, 0.3) is 0 Å². The van der Waals surface area contributed by atoms with Gasteiger partial charge in [-0.15, -0.1) is 0 Å². The summed E-state index contributed by atoms with van der Waals surface area (Å²) in [5.41, 5.74) is 0.521. The molecule has 3 rings (SSSR count). The van der Waals surface area contributed by atoms with Crippen molar-refractivity contribution in [2.75, 3.05) is 26.2 Å². The number of rotatable bonds is 4. The molecule has 0 unspecified atom stereocenters. The Balaban J connectivity index is 1.62. The summed E-state index contributed by atoms with van der Waals surface area (Å²) >= 11 is 3.50. The van der Waals surface area contributed by atoms with E-state index in [4.69, 9.17) is 4.42 Å². The maximum Gasteiger partial charge on any atom is 0.232 e. The second kappa shape index (κ2) is 7.11. The molecule has 0 aliphatic carbocycles. The lowest BCUT2D eigenvalue weighted by Gasteiger charge is -2.38. The first-order valence-corrected chi connectivity index (χ1v) is 9.06. The summed E-state index contributed by atoms with van der Waals surface area (Å²) in [7, 11) is 0. The molecule has 1 fully saturated rings. The zero-order valence-electron chi connectivity index (χ0n) is 14.2. The topological polar surface area (TPSA) is 36.7 Å². The van der Waals surface area contributed by atoms with Crippen molar-refractivity contribution >= 4 is 21.8 Å². The molecule has 1 aliphatic heterocycles. The molecular formula is C19H23BrN2O2. The van der Waals surface area contributed by atoms with Crippen molar-refractivity contribution in [1.29, 1.82) is 0 Å². The van der Waals surface area contributed by atoms with Gasteiger partial charge in [-0.2, -0.15) is 0 Å². The second-order valence-electron chi connectivity index (χ2n) is 6.78. The van der Waals surface area contributed by atoms with Gasteiger partial charge in [0.1, 0.15) is 5.76 Å². The van der Waals surface area contributed by atoms with Crippen molar-refractivity contribution in [3.63, 3.8) is 0 Å². The molecule has 1 aromatic heterocycles. The number of carbonyl (C=O) groups excluding carboxylic acids is 1. The number of benzene rings is 1. The Hall–Kier alpha value is -1.59. The molecule has 0 atom stereocenters. The van der Waals surface area contributed by atoms with Crippen LogP contribution in [0.2, 0.25) is 0 Å². The Morgan fingerprint density at radius 3 is 2.54 bits per heavy atom. The van der Waals surface area contributed by atoms with Crippen LogP contribution in [0.25, 0.3) is 0 Å². The van der Waals surface area contributed by atoms with E-state index in [1.807, 2.05) is 55.1 Å². The SMILES string of the molecule is CC(C)(C(=O)N1CCN(Cc2ccco2)CC1)c1cccc(Br)c1. The first kappa shape index (κ1) is 17.2. The van der Waals surface area contributed by atoms with Gasteiger partial charge in [0.15, 0.2) is 0 Å². The van der Waals surface area contributed by atoms with Crippen molar-refractivity contribution in [3.8, 4) is 0 Å². The molecule has 1 aliphatic rings. The van der Waals surface area contributed by atoms with E-state index in [2.05, 4.69) is 20.8 Å². The van der Waals surface area contributed by atoms with Gasteiger partial charge in [-0.05, 0) is 43.7 Å². The molecule has 1 aromatic carbocycles. The van der Waals surface area contributed by atoms with Crippen LogP contribution in [0.1, 0.15) is 25.2 Å². The number of piperazine rings is 1. The summed E-state index contributed by atoms with van der Waals surface area (Å²) in [6.45, 7) is 8.10. The summed E-state index contributed by atoms with van der Waals surface area (Å²) in [6, 6.07) is 11.9. The molecule has 1 amide bonds. The van der Waals surface area contributed by atoms with Gasteiger partial charge < -0.3 is 9.32 Å². The van der Waals surface area contributed by atoms with Crippen LogP contribution in [0.3, 0.4) is 0 Å². The van der Waals surface area contributed by atoms with Crippen LogP contribution < -0.4 is 0 Å². The lowest BCUT2D eigenvalue weighted by molar-refractivity contribution is -0.138. The molecule has 0 saturated carbocycles. The van der Waals surface area contributed by atoms with Crippen molar-refractivity contribution < 1.29 is 9.21 Å². The van der Waals surface area contributed by atoms with Crippen LogP contribution >= 0.6 is 15.9 Å². The minimum atomic E-state index is -0.521. The minimum absolute atomic E-state index is 0.193. The highest BCUT2D eigenvalue weighted by molar-refractivity contribution is 9.10. The van der Waals surface area contributed by atoms with Gasteiger partial charge in [-0.25, -0.2) is 0 Å². The standard InChI is InChI=1S/C19H23BrN2O2/c1-19(2,15-5-3-6-16(20)13-15)18(23)22-10-8-21(9-11-22)14-17-7-4-12-24-17/h3-7,12-13H,8-11,14H2,1-2H3. The molecule has 1 saturated heterocycles. The first-order valence-electron chi connectivity index (χ1n) is 8.27. The number of amides is 1. The van der Waals surface area contributed by atoms with Gasteiger partial charge in [-0.1, -0.05) is 28.1 Å². The molecule has 0 spiro atoms. The molecular weight excluding hydrogens is 368 g/mol. The van der Waals surface area contributed by atoms with Gasteiger partial charge in [-0.3, -0.25) is 9.69 Å².